The van der Waals surface area contributed by atoms with E-state index >= 15 is 0 Å². The molecule has 0 fully saturated rings. The summed E-state index contributed by atoms with van der Waals surface area (Å²) in [6.07, 6.45) is 2.36. The van der Waals surface area contributed by atoms with Gasteiger partial charge in [-0.3, -0.25) is 4.98 Å². The van der Waals surface area contributed by atoms with Crippen LogP contribution in [0.25, 0.3) is 0 Å². The molecule has 0 saturated carbocycles. The highest BCUT2D eigenvalue weighted by Crippen LogP contribution is 2.18. The van der Waals surface area contributed by atoms with Gasteiger partial charge < -0.3 is 15.5 Å². The lowest BCUT2D eigenvalue weighted by Crippen LogP contribution is -2.45. The highest BCUT2D eigenvalue weighted by molar-refractivity contribution is 5.45. The summed E-state index contributed by atoms with van der Waals surface area (Å²) in [4.78, 5) is 4.08. The van der Waals surface area contributed by atoms with E-state index in [4.69, 9.17) is 0 Å². The monoisotopic (exact) mass is 210 g/mol. The van der Waals surface area contributed by atoms with E-state index in [1.165, 1.54) is 0 Å². The number of aliphatic hydroxyl groups excluding tert-OH is 2. The van der Waals surface area contributed by atoms with Crippen molar-refractivity contribution < 1.29 is 10.2 Å². The Kier molecular flexibility index (Phi) is 4.05. The van der Waals surface area contributed by atoms with Crippen LogP contribution >= 0.6 is 0 Å². The minimum absolute atomic E-state index is 0.0959. The molecule has 0 aliphatic rings. The molecular formula is C11H18N2O2. The predicted molar refractivity (Wildman–Crippen MR) is 59.8 cm³/mol. The molecule has 1 aromatic rings. The van der Waals surface area contributed by atoms with Crippen LogP contribution in [0.1, 0.15) is 19.0 Å². The fraction of sp³-hybridized carbons (Fsp3) is 0.545. The Morgan fingerprint density at radius 2 is 2.07 bits per heavy atom. The first-order chi connectivity index (χ1) is 7.15. The van der Waals surface area contributed by atoms with E-state index in [2.05, 4.69) is 10.3 Å². The summed E-state index contributed by atoms with van der Waals surface area (Å²) in [6.45, 7) is 3.63. The number of aromatic nitrogens is 1. The van der Waals surface area contributed by atoms with Crippen molar-refractivity contribution >= 4 is 5.69 Å². The SMILES string of the molecule is CCC(CO)(CO)Nc1ccnc(C)c1. The lowest BCUT2D eigenvalue weighted by Gasteiger charge is -2.30. The predicted octanol–water partition coefficient (Wildman–Crippen LogP) is 0.935. The summed E-state index contributed by atoms with van der Waals surface area (Å²) in [7, 11) is 0. The molecule has 15 heavy (non-hydrogen) atoms. The Hall–Kier alpha value is -1.13. The molecule has 3 N–H and O–H groups in total. The highest BCUT2D eigenvalue weighted by atomic mass is 16.3. The van der Waals surface area contributed by atoms with Gasteiger partial charge in [0.25, 0.3) is 0 Å². The smallest absolute Gasteiger partial charge is 0.0832 e. The van der Waals surface area contributed by atoms with Gasteiger partial charge in [-0.25, -0.2) is 0 Å². The van der Waals surface area contributed by atoms with Gasteiger partial charge in [0.05, 0.1) is 18.8 Å². The molecule has 0 spiro atoms. The van der Waals surface area contributed by atoms with Crippen molar-refractivity contribution in [3.8, 4) is 0 Å². The van der Waals surface area contributed by atoms with Crippen LogP contribution in [0.2, 0.25) is 0 Å². The molecule has 0 aliphatic carbocycles. The lowest BCUT2D eigenvalue weighted by molar-refractivity contribution is 0.132. The molecule has 0 aromatic carbocycles. The molecule has 0 bridgehead atoms. The molecule has 1 rings (SSSR count). The Labute approximate surface area is 90.0 Å². The van der Waals surface area contributed by atoms with Gasteiger partial charge in [0, 0.05) is 17.6 Å². The molecule has 0 atom stereocenters. The molecule has 1 aromatic heterocycles. The van der Waals surface area contributed by atoms with Crippen LogP contribution in [0.5, 0.6) is 0 Å². The second-order valence-corrected chi connectivity index (χ2v) is 3.76. The average molecular weight is 210 g/mol. The Bertz CT molecular complexity index is 303. The van der Waals surface area contributed by atoms with E-state index in [9.17, 15) is 10.2 Å². The van der Waals surface area contributed by atoms with E-state index in [0.29, 0.717) is 6.42 Å². The first-order valence-corrected chi connectivity index (χ1v) is 5.08. The Balaban J connectivity index is 2.82. The summed E-state index contributed by atoms with van der Waals surface area (Å²) in [5.41, 5.74) is 1.13. The maximum atomic E-state index is 9.27. The number of pyridine rings is 1. The van der Waals surface area contributed by atoms with E-state index in [1.807, 2.05) is 26.0 Å². The van der Waals surface area contributed by atoms with Crippen molar-refractivity contribution in [3.63, 3.8) is 0 Å². The number of hydrogen-bond acceptors (Lipinski definition) is 4. The number of hydrogen-bond donors (Lipinski definition) is 3. The fourth-order valence-electron chi connectivity index (χ4n) is 1.37. The van der Waals surface area contributed by atoms with Crippen molar-refractivity contribution in [3.05, 3.63) is 24.0 Å². The standard InChI is InChI=1S/C11H18N2O2/c1-3-11(7-14,8-15)13-10-4-5-12-9(2)6-10/h4-6,14-15H,3,7-8H2,1-2H3,(H,12,13). The number of nitrogens with zero attached hydrogens (tertiary/aromatic N) is 1. The zero-order valence-corrected chi connectivity index (χ0v) is 9.20. The van der Waals surface area contributed by atoms with Gasteiger partial charge in [-0.2, -0.15) is 0 Å². The summed E-state index contributed by atoms with van der Waals surface area (Å²) in [5, 5.41) is 21.7. The van der Waals surface area contributed by atoms with Crippen LogP contribution in [0.3, 0.4) is 0 Å². The third-order valence-electron chi connectivity index (χ3n) is 2.59. The summed E-state index contributed by atoms with van der Waals surface area (Å²) >= 11 is 0. The van der Waals surface area contributed by atoms with Gasteiger partial charge in [0.2, 0.25) is 0 Å². The third-order valence-corrected chi connectivity index (χ3v) is 2.59. The molecule has 0 unspecified atom stereocenters. The number of anilines is 1. The maximum absolute atomic E-state index is 9.27. The highest BCUT2D eigenvalue weighted by Gasteiger charge is 2.25. The van der Waals surface area contributed by atoms with Crippen molar-refractivity contribution in [1.82, 2.24) is 4.98 Å². The number of aryl methyl sites for hydroxylation is 1. The number of rotatable bonds is 5. The largest absolute Gasteiger partial charge is 0.394 e. The average Bonchev–Trinajstić information content (AvgIpc) is 2.26. The number of aliphatic hydroxyl groups is 2. The minimum Gasteiger partial charge on any atom is -0.394 e. The van der Waals surface area contributed by atoms with Crippen LogP contribution in [-0.2, 0) is 0 Å². The van der Waals surface area contributed by atoms with Crippen LogP contribution in [0.4, 0.5) is 5.69 Å². The summed E-state index contributed by atoms with van der Waals surface area (Å²) < 4.78 is 0. The third kappa shape index (κ3) is 2.91. The van der Waals surface area contributed by atoms with Crippen LogP contribution in [-0.4, -0.2) is 33.9 Å². The zero-order valence-electron chi connectivity index (χ0n) is 9.20. The van der Waals surface area contributed by atoms with Gasteiger partial charge in [0.1, 0.15) is 0 Å². The quantitative estimate of drug-likeness (QED) is 0.676. The van der Waals surface area contributed by atoms with Crippen molar-refractivity contribution in [2.24, 2.45) is 0 Å². The summed E-state index contributed by atoms with van der Waals surface area (Å²) in [6, 6.07) is 3.71. The van der Waals surface area contributed by atoms with E-state index < -0.39 is 5.54 Å². The Morgan fingerprint density at radius 1 is 1.40 bits per heavy atom. The molecule has 84 valence electrons. The van der Waals surface area contributed by atoms with Gasteiger partial charge in [-0.1, -0.05) is 6.92 Å². The van der Waals surface area contributed by atoms with Crippen molar-refractivity contribution in [2.45, 2.75) is 25.8 Å². The van der Waals surface area contributed by atoms with Crippen LogP contribution < -0.4 is 5.32 Å². The molecule has 4 nitrogen and oxygen atoms in total. The summed E-state index contributed by atoms with van der Waals surface area (Å²) in [5.74, 6) is 0. The van der Waals surface area contributed by atoms with Crippen molar-refractivity contribution in [2.75, 3.05) is 18.5 Å². The zero-order chi connectivity index (χ0) is 11.3. The molecule has 0 saturated heterocycles. The van der Waals surface area contributed by atoms with Crippen LogP contribution in [0.15, 0.2) is 18.3 Å². The normalized spacial score (nSPS) is 11.5. The second kappa shape index (κ2) is 5.09. The molecule has 0 amide bonds. The fourth-order valence-corrected chi connectivity index (χ4v) is 1.37. The maximum Gasteiger partial charge on any atom is 0.0832 e. The van der Waals surface area contributed by atoms with Gasteiger partial charge in [-0.05, 0) is 25.5 Å². The second-order valence-electron chi connectivity index (χ2n) is 3.76. The lowest BCUT2D eigenvalue weighted by atomic mass is 9.98. The van der Waals surface area contributed by atoms with Crippen LogP contribution in [0, 0.1) is 6.92 Å². The molecule has 4 heteroatoms. The molecule has 0 radical (unpaired) electrons. The first kappa shape index (κ1) is 11.9. The molecular weight excluding hydrogens is 192 g/mol. The van der Waals surface area contributed by atoms with Gasteiger partial charge in [-0.15, -0.1) is 0 Å². The van der Waals surface area contributed by atoms with E-state index in [0.717, 1.165) is 11.4 Å². The van der Waals surface area contributed by atoms with Gasteiger partial charge in [0.15, 0.2) is 0 Å². The number of nitrogens with one attached hydrogen (secondary N) is 1. The Morgan fingerprint density at radius 3 is 2.53 bits per heavy atom. The van der Waals surface area contributed by atoms with Gasteiger partial charge >= 0.3 is 0 Å². The first-order valence-electron chi connectivity index (χ1n) is 5.08. The molecule has 0 aliphatic heterocycles. The van der Waals surface area contributed by atoms with Crippen molar-refractivity contribution in [1.29, 1.82) is 0 Å². The topological polar surface area (TPSA) is 65.4 Å². The van der Waals surface area contributed by atoms with E-state index in [-0.39, 0.29) is 13.2 Å². The molecule has 1 heterocycles. The van der Waals surface area contributed by atoms with E-state index in [1.54, 1.807) is 6.20 Å². The minimum atomic E-state index is -0.645.